The van der Waals surface area contributed by atoms with Gasteiger partial charge in [-0.25, -0.2) is 4.57 Å². The average Bonchev–Trinajstić information content (AvgIpc) is 3.47. The Morgan fingerprint density at radius 3 is 2.12 bits per heavy atom. The highest BCUT2D eigenvalue weighted by Gasteiger charge is 2.32. The van der Waals surface area contributed by atoms with Crippen LogP contribution in [0.3, 0.4) is 0 Å². The number of rotatable bonds is 6. The molecule has 0 radical (unpaired) electrons. The van der Waals surface area contributed by atoms with Crippen LogP contribution < -0.4 is 4.57 Å². The maximum Gasteiger partial charge on any atom is 0.299 e. The van der Waals surface area contributed by atoms with Gasteiger partial charge in [0.1, 0.15) is 16.8 Å². The van der Waals surface area contributed by atoms with Crippen LogP contribution in [0.2, 0.25) is 0 Å². The van der Waals surface area contributed by atoms with Gasteiger partial charge in [-0.2, -0.15) is 4.57 Å². The minimum Gasteiger partial charge on any atom is -0.455 e. The SMILES string of the molecule is CCCc1cccc(CCC)c1-n1c(-c2c(C)ccc3c2oc2cc4ccccc4cc23)[n+](C)c2ccccc21. The lowest BCUT2D eigenvalue weighted by Crippen LogP contribution is -2.30. The number of hydrogen-bond donors (Lipinski definition) is 0. The van der Waals surface area contributed by atoms with E-state index in [1.54, 1.807) is 0 Å². The number of fused-ring (bicyclic) bond motifs is 5. The van der Waals surface area contributed by atoms with Crippen molar-refractivity contribution in [3.63, 3.8) is 0 Å². The molecule has 3 heteroatoms. The van der Waals surface area contributed by atoms with Crippen LogP contribution >= 0.6 is 0 Å². The second kappa shape index (κ2) is 9.67. The van der Waals surface area contributed by atoms with Crippen molar-refractivity contribution in [1.82, 2.24) is 4.57 Å². The average molecular weight is 524 g/mol. The number of aromatic nitrogens is 2. The first-order chi connectivity index (χ1) is 19.6. The summed E-state index contributed by atoms with van der Waals surface area (Å²) in [5.41, 5.74) is 10.8. The Balaban J connectivity index is 1.64. The number of hydrogen-bond acceptors (Lipinski definition) is 1. The summed E-state index contributed by atoms with van der Waals surface area (Å²) in [7, 11) is 2.20. The van der Waals surface area contributed by atoms with E-state index in [0.29, 0.717) is 0 Å². The number of aryl methyl sites for hydroxylation is 4. The lowest BCUT2D eigenvalue weighted by molar-refractivity contribution is -0.633. The maximum atomic E-state index is 6.80. The first-order valence-electron chi connectivity index (χ1n) is 14.6. The molecule has 0 saturated heterocycles. The smallest absolute Gasteiger partial charge is 0.299 e. The predicted molar refractivity (Wildman–Crippen MR) is 167 cm³/mol. The zero-order chi connectivity index (χ0) is 27.4. The van der Waals surface area contributed by atoms with Crippen LogP contribution in [0, 0.1) is 6.92 Å². The van der Waals surface area contributed by atoms with Crippen molar-refractivity contribution in [2.75, 3.05) is 0 Å². The molecule has 0 saturated carbocycles. The van der Waals surface area contributed by atoms with E-state index in [-0.39, 0.29) is 0 Å². The molecule has 7 aromatic rings. The summed E-state index contributed by atoms with van der Waals surface area (Å²) in [4.78, 5) is 0. The van der Waals surface area contributed by atoms with Crippen molar-refractivity contribution >= 4 is 43.7 Å². The van der Waals surface area contributed by atoms with Gasteiger partial charge in [0, 0.05) is 10.8 Å². The molecule has 0 fully saturated rings. The molecule has 7 rings (SSSR count). The van der Waals surface area contributed by atoms with Crippen LogP contribution in [0.5, 0.6) is 0 Å². The van der Waals surface area contributed by atoms with Gasteiger partial charge in [0.15, 0.2) is 16.6 Å². The van der Waals surface area contributed by atoms with Crippen LogP contribution in [-0.4, -0.2) is 4.57 Å². The molecule has 0 aliphatic heterocycles. The molecular weight excluding hydrogens is 488 g/mol. The number of para-hydroxylation sites is 3. The Hall–Kier alpha value is -4.37. The van der Waals surface area contributed by atoms with E-state index in [9.17, 15) is 0 Å². The highest BCUT2D eigenvalue weighted by Crippen LogP contribution is 2.41. The summed E-state index contributed by atoms with van der Waals surface area (Å²) in [5.74, 6) is 1.16. The Morgan fingerprint density at radius 1 is 0.725 bits per heavy atom. The lowest BCUT2D eigenvalue weighted by Gasteiger charge is -2.14. The van der Waals surface area contributed by atoms with Crippen molar-refractivity contribution in [3.8, 4) is 17.1 Å². The molecule has 3 nitrogen and oxygen atoms in total. The Labute approximate surface area is 235 Å². The summed E-state index contributed by atoms with van der Waals surface area (Å²) in [5, 5.41) is 4.76. The van der Waals surface area contributed by atoms with E-state index < -0.39 is 0 Å². The summed E-state index contributed by atoms with van der Waals surface area (Å²) in [6.07, 6.45) is 4.30. The predicted octanol–water partition coefficient (Wildman–Crippen LogP) is 9.39. The molecule has 0 aliphatic carbocycles. The summed E-state index contributed by atoms with van der Waals surface area (Å²) in [6.45, 7) is 6.76. The maximum absolute atomic E-state index is 6.80. The van der Waals surface area contributed by atoms with Gasteiger partial charge in [0.2, 0.25) is 0 Å². The van der Waals surface area contributed by atoms with E-state index in [0.717, 1.165) is 53.6 Å². The highest BCUT2D eigenvalue weighted by molar-refractivity contribution is 6.13. The van der Waals surface area contributed by atoms with E-state index in [4.69, 9.17) is 4.42 Å². The molecule has 0 amide bonds. The van der Waals surface area contributed by atoms with Gasteiger partial charge < -0.3 is 4.42 Å². The quantitative estimate of drug-likeness (QED) is 0.199. The van der Waals surface area contributed by atoms with Gasteiger partial charge in [0.05, 0.1) is 7.05 Å². The standard InChI is InChI=1S/C37H35N2O/c1-5-12-25-16-11-17-26(13-6-2)35(25)39-32-19-10-9-18-31(32)38(4)37(39)34-24(3)20-21-29-30-22-27-14-7-8-15-28(27)23-33(30)40-36(29)34/h7-11,14-23H,5-6,12-13H2,1-4H3/q+1. The van der Waals surface area contributed by atoms with Crippen LogP contribution in [0.25, 0.3) is 60.8 Å². The van der Waals surface area contributed by atoms with E-state index in [1.165, 1.54) is 49.6 Å². The fraction of sp³-hybridized carbons (Fsp3) is 0.216. The van der Waals surface area contributed by atoms with Crippen molar-refractivity contribution in [2.45, 2.75) is 46.5 Å². The summed E-state index contributed by atoms with van der Waals surface area (Å²) in [6, 6.07) is 33.2. The normalized spacial score (nSPS) is 11.9. The van der Waals surface area contributed by atoms with Crippen molar-refractivity contribution in [1.29, 1.82) is 0 Å². The Kier molecular flexibility index (Phi) is 5.96. The van der Waals surface area contributed by atoms with Gasteiger partial charge in [0.25, 0.3) is 5.82 Å². The second-order valence-electron chi connectivity index (χ2n) is 11.1. The van der Waals surface area contributed by atoms with Crippen molar-refractivity contribution in [2.24, 2.45) is 7.05 Å². The molecule has 2 aromatic heterocycles. The third kappa shape index (κ3) is 3.68. The molecular formula is C37H35N2O+. The van der Waals surface area contributed by atoms with Gasteiger partial charge in [-0.3, -0.25) is 0 Å². The van der Waals surface area contributed by atoms with E-state index in [1.807, 2.05) is 0 Å². The summed E-state index contributed by atoms with van der Waals surface area (Å²) >= 11 is 0. The van der Waals surface area contributed by atoms with Crippen molar-refractivity contribution < 1.29 is 8.98 Å². The third-order valence-corrected chi connectivity index (χ3v) is 8.42. The topological polar surface area (TPSA) is 21.9 Å². The molecule has 0 unspecified atom stereocenters. The molecule has 0 atom stereocenters. The van der Waals surface area contributed by atoms with Gasteiger partial charge in [-0.15, -0.1) is 0 Å². The fourth-order valence-corrected chi connectivity index (χ4v) is 6.60. The van der Waals surface area contributed by atoms with Gasteiger partial charge in [-0.1, -0.05) is 93.4 Å². The van der Waals surface area contributed by atoms with Crippen LogP contribution in [0.15, 0.2) is 95.4 Å². The van der Waals surface area contributed by atoms with Crippen LogP contribution in [0.4, 0.5) is 0 Å². The number of imidazole rings is 1. The molecule has 0 N–H and O–H groups in total. The molecule has 0 aliphatic rings. The third-order valence-electron chi connectivity index (χ3n) is 8.42. The number of furan rings is 1. The number of benzene rings is 5. The number of nitrogens with zero attached hydrogens (tertiary/aromatic N) is 2. The van der Waals surface area contributed by atoms with E-state index >= 15 is 0 Å². The molecule has 2 heterocycles. The highest BCUT2D eigenvalue weighted by atomic mass is 16.3. The summed E-state index contributed by atoms with van der Waals surface area (Å²) < 4.78 is 11.7. The largest absolute Gasteiger partial charge is 0.455 e. The fourth-order valence-electron chi connectivity index (χ4n) is 6.60. The zero-order valence-electron chi connectivity index (χ0n) is 23.8. The van der Waals surface area contributed by atoms with Crippen LogP contribution in [0.1, 0.15) is 43.4 Å². The second-order valence-corrected chi connectivity index (χ2v) is 11.1. The molecule has 40 heavy (non-hydrogen) atoms. The Morgan fingerprint density at radius 2 is 1.40 bits per heavy atom. The molecule has 0 bridgehead atoms. The monoisotopic (exact) mass is 523 g/mol. The van der Waals surface area contributed by atoms with Gasteiger partial charge in [-0.05, 0) is 71.5 Å². The van der Waals surface area contributed by atoms with Gasteiger partial charge >= 0.3 is 0 Å². The minimum absolute atomic E-state index is 0.934. The zero-order valence-corrected chi connectivity index (χ0v) is 23.8. The lowest BCUT2D eigenvalue weighted by atomic mass is 9.98. The van der Waals surface area contributed by atoms with E-state index in [2.05, 4.69) is 128 Å². The molecule has 0 spiro atoms. The molecule has 5 aromatic carbocycles. The Bertz CT molecular complexity index is 2030. The first-order valence-corrected chi connectivity index (χ1v) is 14.6. The first kappa shape index (κ1) is 24.7. The van der Waals surface area contributed by atoms with Crippen molar-refractivity contribution in [3.05, 3.63) is 108 Å². The van der Waals surface area contributed by atoms with Crippen LogP contribution in [-0.2, 0) is 19.9 Å². The molecule has 198 valence electrons. The minimum atomic E-state index is 0.934.